The van der Waals surface area contributed by atoms with Crippen molar-refractivity contribution in [1.82, 2.24) is 5.32 Å². The van der Waals surface area contributed by atoms with Gasteiger partial charge in [-0.1, -0.05) is 0 Å². The molecule has 2 unspecified atom stereocenters. The lowest BCUT2D eigenvalue weighted by atomic mass is 10.0. The van der Waals surface area contributed by atoms with Gasteiger partial charge in [0.05, 0.1) is 12.7 Å². The molecule has 0 aromatic rings. The number of rotatable bonds is 2. The number of hydrogen-bond acceptors (Lipinski definition) is 3. The van der Waals surface area contributed by atoms with Crippen LogP contribution >= 0.6 is 0 Å². The van der Waals surface area contributed by atoms with E-state index in [-0.39, 0.29) is 5.92 Å². The van der Waals surface area contributed by atoms with Gasteiger partial charge in [0, 0.05) is 12.5 Å². The number of carbonyl (C=O) groups excluding carboxylic acids is 1. The Morgan fingerprint density at radius 2 is 2.54 bits per heavy atom. The molecular weight excluding hydrogens is 168 g/mol. The molecule has 0 aromatic heterocycles. The maximum atomic E-state index is 10.8. The van der Waals surface area contributed by atoms with Crippen molar-refractivity contribution < 1.29 is 9.53 Å². The zero-order chi connectivity index (χ0) is 9.68. The molecule has 1 amide bonds. The Kier molecular flexibility index (Phi) is 3.31. The molecule has 1 heterocycles. The fourth-order valence-electron chi connectivity index (χ4n) is 1.25. The molecule has 68 valence electrons. The molecule has 1 aliphatic rings. The summed E-state index contributed by atoms with van der Waals surface area (Å²) in [4.78, 5) is 10.8. The molecule has 1 saturated heterocycles. The predicted molar refractivity (Wildman–Crippen MR) is 45.3 cm³/mol. The molecule has 4 nitrogen and oxygen atoms in total. The van der Waals surface area contributed by atoms with Crippen LogP contribution in [0, 0.1) is 29.6 Å². The van der Waals surface area contributed by atoms with Crippen LogP contribution < -0.4 is 5.32 Å². The van der Waals surface area contributed by atoms with Gasteiger partial charge in [-0.2, -0.15) is 5.26 Å². The maximum Gasteiger partial charge on any atom is 0.296 e. The molecule has 0 radical (unpaired) electrons. The minimum absolute atomic E-state index is 0.0716. The standard InChI is InChI=1S/C9H10N2O2/c1-2-9(12)11-8(5-10)7-3-4-13-6-7/h1,7-8H,3-4,6H2,(H,11,12). The predicted octanol–water partition coefficient (Wildman–Crippen LogP) is -0.336. The van der Waals surface area contributed by atoms with E-state index in [1.165, 1.54) is 0 Å². The van der Waals surface area contributed by atoms with E-state index >= 15 is 0 Å². The van der Waals surface area contributed by atoms with Crippen LogP contribution in [-0.4, -0.2) is 25.2 Å². The summed E-state index contributed by atoms with van der Waals surface area (Å²) in [6.07, 6.45) is 5.67. The van der Waals surface area contributed by atoms with E-state index in [1.54, 1.807) is 0 Å². The molecule has 1 fully saturated rings. The monoisotopic (exact) mass is 178 g/mol. The van der Waals surface area contributed by atoms with Crippen molar-refractivity contribution in [3.05, 3.63) is 0 Å². The summed E-state index contributed by atoms with van der Waals surface area (Å²) in [7, 11) is 0. The van der Waals surface area contributed by atoms with Gasteiger partial charge in [0.25, 0.3) is 5.91 Å². The number of nitrogens with zero attached hydrogens (tertiary/aromatic N) is 1. The average molecular weight is 178 g/mol. The number of ether oxygens (including phenoxy) is 1. The molecule has 4 heteroatoms. The molecule has 0 aromatic carbocycles. The fourth-order valence-corrected chi connectivity index (χ4v) is 1.25. The lowest BCUT2D eigenvalue weighted by Gasteiger charge is -2.14. The first-order valence-corrected chi connectivity index (χ1v) is 4.02. The third-order valence-electron chi connectivity index (χ3n) is 1.99. The van der Waals surface area contributed by atoms with Crippen molar-refractivity contribution in [1.29, 1.82) is 5.26 Å². The Balaban J connectivity index is 2.49. The van der Waals surface area contributed by atoms with Crippen LogP contribution in [0.2, 0.25) is 0 Å². The van der Waals surface area contributed by atoms with E-state index < -0.39 is 11.9 Å². The quantitative estimate of drug-likeness (QED) is 0.589. The van der Waals surface area contributed by atoms with Gasteiger partial charge in [0.15, 0.2) is 0 Å². The Morgan fingerprint density at radius 3 is 3.00 bits per heavy atom. The van der Waals surface area contributed by atoms with Crippen LogP contribution in [0.15, 0.2) is 0 Å². The molecule has 2 atom stereocenters. The summed E-state index contributed by atoms with van der Waals surface area (Å²) in [6.45, 7) is 1.16. The molecule has 13 heavy (non-hydrogen) atoms. The largest absolute Gasteiger partial charge is 0.381 e. The van der Waals surface area contributed by atoms with Gasteiger partial charge >= 0.3 is 0 Å². The van der Waals surface area contributed by atoms with E-state index in [0.29, 0.717) is 13.2 Å². The average Bonchev–Trinajstić information content (AvgIpc) is 2.66. The van der Waals surface area contributed by atoms with Gasteiger partial charge in [-0.15, -0.1) is 6.42 Å². The minimum atomic E-state index is -0.543. The maximum absolute atomic E-state index is 10.8. The zero-order valence-electron chi connectivity index (χ0n) is 7.12. The number of nitrogens with one attached hydrogen (secondary N) is 1. The Hall–Kier alpha value is -1.52. The first-order valence-electron chi connectivity index (χ1n) is 4.02. The molecule has 0 saturated carbocycles. The lowest BCUT2D eigenvalue weighted by molar-refractivity contribution is -0.116. The summed E-state index contributed by atoms with van der Waals surface area (Å²) in [5, 5.41) is 11.2. The van der Waals surface area contributed by atoms with Gasteiger partial charge in [-0.25, -0.2) is 0 Å². The highest BCUT2D eigenvalue weighted by Crippen LogP contribution is 2.15. The number of amides is 1. The lowest BCUT2D eigenvalue weighted by Crippen LogP contribution is -2.38. The van der Waals surface area contributed by atoms with E-state index in [0.717, 1.165) is 6.42 Å². The third-order valence-corrected chi connectivity index (χ3v) is 1.99. The van der Waals surface area contributed by atoms with Gasteiger partial charge in [0.2, 0.25) is 0 Å². The molecule has 0 spiro atoms. The highest BCUT2D eigenvalue weighted by Gasteiger charge is 2.26. The summed E-state index contributed by atoms with van der Waals surface area (Å²) < 4.78 is 5.10. The van der Waals surface area contributed by atoms with Crippen LogP contribution in [0.1, 0.15) is 6.42 Å². The second kappa shape index (κ2) is 4.49. The first-order chi connectivity index (χ1) is 6.27. The van der Waals surface area contributed by atoms with Crippen molar-refractivity contribution >= 4 is 5.91 Å². The van der Waals surface area contributed by atoms with Crippen molar-refractivity contribution in [2.75, 3.05) is 13.2 Å². The van der Waals surface area contributed by atoms with E-state index in [9.17, 15) is 4.79 Å². The van der Waals surface area contributed by atoms with E-state index in [1.807, 2.05) is 12.0 Å². The van der Waals surface area contributed by atoms with E-state index in [2.05, 4.69) is 5.32 Å². The number of nitriles is 1. The molecule has 1 rings (SSSR count). The summed E-state index contributed by atoms with van der Waals surface area (Å²) in [6, 6.07) is 1.48. The van der Waals surface area contributed by atoms with Gasteiger partial charge in [-0.3, -0.25) is 4.79 Å². The van der Waals surface area contributed by atoms with Gasteiger partial charge in [0.1, 0.15) is 6.04 Å². The molecule has 0 aliphatic carbocycles. The Bertz CT molecular complexity index is 268. The van der Waals surface area contributed by atoms with Crippen LogP contribution in [0.3, 0.4) is 0 Å². The van der Waals surface area contributed by atoms with Crippen molar-refractivity contribution in [2.24, 2.45) is 5.92 Å². The SMILES string of the molecule is C#CC(=O)NC(C#N)C1CCOC1. The van der Waals surface area contributed by atoms with Crippen LogP contribution in [0.4, 0.5) is 0 Å². The van der Waals surface area contributed by atoms with Gasteiger partial charge < -0.3 is 10.1 Å². The highest BCUT2D eigenvalue weighted by molar-refractivity contribution is 5.93. The normalized spacial score (nSPS) is 22.8. The zero-order valence-corrected chi connectivity index (χ0v) is 7.12. The third kappa shape index (κ3) is 2.47. The Labute approximate surface area is 76.9 Å². The van der Waals surface area contributed by atoms with Crippen LogP contribution in [0.25, 0.3) is 0 Å². The highest BCUT2D eigenvalue weighted by atomic mass is 16.5. The van der Waals surface area contributed by atoms with Crippen LogP contribution in [-0.2, 0) is 9.53 Å². The summed E-state index contributed by atoms with van der Waals surface area (Å²) >= 11 is 0. The van der Waals surface area contributed by atoms with E-state index in [4.69, 9.17) is 16.4 Å². The molecular formula is C9H10N2O2. The summed E-state index contributed by atoms with van der Waals surface area (Å²) in [5.74, 6) is 1.44. The van der Waals surface area contributed by atoms with Gasteiger partial charge in [-0.05, 0) is 12.3 Å². The minimum Gasteiger partial charge on any atom is -0.381 e. The van der Waals surface area contributed by atoms with Crippen molar-refractivity contribution in [3.8, 4) is 18.4 Å². The fraction of sp³-hybridized carbons (Fsp3) is 0.556. The second-order valence-electron chi connectivity index (χ2n) is 2.85. The summed E-state index contributed by atoms with van der Waals surface area (Å²) in [5.41, 5.74) is 0. The number of terminal acetylenes is 1. The molecule has 1 aliphatic heterocycles. The second-order valence-corrected chi connectivity index (χ2v) is 2.85. The van der Waals surface area contributed by atoms with Crippen molar-refractivity contribution in [2.45, 2.75) is 12.5 Å². The Morgan fingerprint density at radius 1 is 1.77 bits per heavy atom. The first kappa shape index (κ1) is 9.57. The molecule has 0 bridgehead atoms. The smallest absolute Gasteiger partial charge is 0.296 e. The van der Waals surface area contributed by atoms with Crippen molar-refractivity contribution in [3.63, 3.8) is 0 Å². The van der Waals surface area contributed by atoms with Crippen LogP contribution in [0.5, 0.6) is 0 Å². The topological polar surface area (TPSA) is 62.1 Å². The number of carbonyl (C=O) groups is 1. The number of hydrogen-bond donors (Lipinski definition) is 1. The molecule has 1 N–H and O–H groups in total.